The van der Waals surface area contributed by atoms with Crippen molar-refractivity contribution in [3.8, 4) is 0 Å². The topological polar surface area (TPSA) is 29.1 Å². The van der Waals surface area contributed by atoms with E-state index in [1.807, 2.05) is 18.2 Å². The van der Waals surface area contributed by atoms with Gasteiger partial charge in [-0.2, -0.15) is 0 Å². The molecule has 0 atom stereocenters. The molecule has 0 aliphatic carbocycles. The maximum Gasteiger partial charge on any atom is 0.196 e. The predicted octanol–water partition coefficient (Wildman–Crippen LogP) is 1.80. The number of benzene rings is 1. The first-order valence-corrected chi connectivity index (χ1v) is 4.33. The molecule has 0 spiro atoms. The Kier molecular flexibility index (Phi) is 1.87. The summed E-state index contributed by atoms with van der Waals surface area (Å²) in [7, 11) is 0. The lowest BCUT2D eigenvalue weighted by Gasteiger charge is -2.00. The largest absolute Gasteiger partial charge is 0.332 e. The Balaban J connectivity index is 2.53. The lowest BCUT2D eigenvalue weighted by molar-refractivity contribution is 0.103. The van der Waals surface area contributed by atoms with Gasteiger partial charge in [0.25, 0.3) is 0 Å². The van der Waals surface area contributed by atoms with Crippen molar-refractivity contribution in [3.63, 3.8) is 0 Å². The van der Waals surface area contributed by atoms with E-state index in [-0.39, 0.29) is 5.78 Å². The van der Waals surface area contributed by atoms with Crippen molar-refractivity contribution in [2.45, 2.75) is 4.90 Å². The van der Waals surface area contributed by atoms with E-state index in [0.29, 0.717) is 5.56 Å². The second-order valence-electron chi connectivity index (χ2n) is 2.33. The maximum absolute atomic E-state index is 11.3. The summed E-state index contributed by atoms with van der Waals surface area (Å²) in [5.74, 6) is -0.0666. The Morgan fingerprint density at radius 1 is 1.33 bits per heavy atom. The van der Waals surface area contributed by atoms with Crippen LogP contribution in [0.4, 0.5) is 0 Å². The number of ketones is 1. The van der Waals surface area contributed by atoms with Crippen LogP contribution in [-0.4, -0.2) is 5.78 Å². The molecule has 59 valence electrons. The standard InChI is InChI=1S/C9H6NOS/c11-8-5-6-10-12-9-4-2-1-3-7(8)9/h1-4,6,10H. The molecule has 2 rings (SSSR count). The second kappa shape index (κ2) is 3.03. The molecule has 0 saturated heterocycles. The third kappa shape index (κ3) is 1.23. The van der Waals surface area contributed by atoms with Gasteiger partial charge in [-0.3, -0.25) is 4.79 Å². The van der Waals surface area contributed by atoms with Crippen LogP contribution in [0.15, 0.2) is 35.4 Å². The minimum atomic E-state index is -0.0666. The third-order valence-corrected chi connectivity index (χ3v) is 2.37. The van der Waals surface area contributed by atoms with Crippen LogP contribution in [0.25, 0.3) is 0 Å². The highest BCUT2D eigenvalue weighted by molar-refractivity contribution is 7.97. The Morgan fingerprint density at radius 2 is 2.17 bits per heavy atom. The number of carbonyl (C=O) groups is 1. The summed E-state index contributed by atoms with van der Waals surface area (Å²) in [6.07, 6.45) is 4.14. The van der Waals surface area contributed by atoms with Crippen molar-refractivity contribution in [3.05, 3.63) is 42.1 Å². The van der Waals surface area contributed by atoms with Gasteiger partial charge in [0, 0.05) is 16.7 Å². The molecule has 0 amide bonds. The van der Waals surface area contributed by atoms with Crippen LogP contribution in [0, 0.1) is 6.08 Å². The smallest absolute Gasteiger partial charge is 0.196 e. The number of fused-ring (bicyclic) bond motifs is 1. The van der Waals surface area contributed by atoms with Gasteiger partial charge in [-0.25, -0.2) is 0 Å². The number of Topliss-reactive ketones (excluding diaryl/α,β-unsaturated/α-hetero) is 1. The van der Waals surface area contributed by atoms with E-state index < -0.39 is 0 Å². The molecule has 2 nitrogen and oxygen atoms in total. The summed E-state index contributed by atoms with van der Waals surface area (Å²) >= 11 is 1.42. The highest BCUT2D eigenvalue weighted by Gasteiger charge is 2.10. The molecular formula is C9H6NOS. The molecular weight excluding hydrogens is 170 g/mol. The summed E-state index contributed by atoms with van der Waals surface area (Å²) in [6.45, 7) is 0. The van der Waals surface area contributed by atoms with E-state index in [4.69, 9.17) is 0 Å². The lowest BCUT2D eigenvalue weighted by Crippen LogP contribution is -1.94. The summed E-state index contributed by atoms with van der Waals surface area (Å²) in [5, 5.41) is 0. The Morgan fingerprint density at radius 3 is 3.08 bits per heavy atom. The Labute approximate surface area is 74.8 Å². The molecule has 1 heterocycles. The first-order chi connectivity index (χ1) is 5.88. The molecule has 3 heteroatoms. The van der Waals surface area contributed by atoms with Crippen molar-refractivity contribution >= 4 is 17.7 Å². The first kappa shape index (κ1) is 7.43. The molecule has 0 unspecified atom stereocenters. The van der Waals surface area contributed by atoms with Gasteiger partial charge in [-0.1, -0.05) is 12.1 Å². The van der Waals surface area contributed by atoms with Crippen LogP contribution >= 0.6 is 11.9 Å². The van der Waals surface area contributed by atoms with Crippen LogP contribution in [0.1, 0.15) is 10.4 Å². The number of carbonyl (C=O) groups excluding carboxylic acids is 1. The molecule has 0 bridgehead atoms. The van der Waals surface area contributed by atoms with Crippen molar-refractivity contribution < 1.29 is 4.79 Å². The summed E-state index contributed by atoms with van der Waals surface area (Å²) < 4.78 is 2.89. The number of hydrogen-bond acceptors (Lipinski definition) is 3. The zero-order chi connectivity index (χ0) is 8.39. The number of nitrogens with one attached hydrogen (secondary N) is 1. The molecule has 0 fully saturated rings. The second-order valence-corrected chi connectivity index (χ2v) is 3.21. The molecule has 1 aromatic carbocycles. The lowest BCUT2D eigenvalue weighted by atomic mass is 10.1. The zero-order valence-corrected chi connectivity index (χ0v) is 7.02. The average Bonchev–Trinajstić information content (AvgIpc) is 2.29. The van der Waals surface area contributed by atoms with E-state index in [9.17, 15) is 4.79 Å². The summed E-state index contributed by atoms with van der Waals surface area (Å²) in [5.41, 5.74) is 0.712. The van der Waals surface area contributed by atoms with Crippen LogP contribution in [0.2, 0.25) is 0 Å². The van der Waals surface area contributed by atoms with Crippen LogP contribution in [0.3, 0.4) is 0 Å². The van der Waals surface area contributed by atoms with Crippen molar-refractivity contribution in [2.24, 2.45) is 0 Å². The number of rotatable bonds is 0. The molecule has 1 radical (unpaired) electrons. The Bertz CT molecular complexity index is 346. The predicted molar refractivity (Wildman–Crippen MR) is 47.6 cm³/mol. The monoisotopic (exact) mass is 176 g/mol. The SMILES string of the molecule is O=C1[C]=CNSc2ccccc21. The van der Waals surface area contributed by atoms with Crippen molar-refractivity contribution in [2.75, 3.05) is 0 Å². The normalized spacial score (nSPS) is 14.8. The fourth-order valence-electron chi connectivity index (χ4n) is 1.01. The fraction of sp³-hybridized carbons (Fsp3) is 0. The molecule has 0 saturated carbocycles. The first-order valence-electron chi connectivity index (χ1n) is 3.52. The highest BCUT2D eigenvalue weighted by Crippen LogP contribution is 2.22. The van der Waals surface area contributed by atoms with Gasteiger partial charge in [-0.05, 0) is 24.1 Å². The maximum atomic E-state index is 11.3. The third-order valence-electron chi connectivity index (χ3n) is 1.56. The van der Waals surface area contributed by atoms with Gasteiger partial charge in [0.2, 0.25) is 0 Å². The average molecular weight is 176 g/mol. The minimum absolute atomic E-state index is 0.0666. The van der Waals surface area contributed by atoms with Gasteiger partial charge in [-0.15, -0.1) is 0 Å². The fourth-order valence-corrected chi connectivity index (χ4v) is 1.67. The summed E-state index contributed by atoms with van der Waals surface area (Å²) in [4.78, 5) is 12.3. The molecule has 12 heavy (non-hydrogen) atoms. The van der Waals surface area contributed by atoms with E-state index in [1.165, 1.54) is 18.1 Å². The van der Waals surface area contributed by atoms with E-state index >= 15 is 0 Å². The molecule has 0 aromatic heterocycles. The van der Waals surface area contributed by atoms with Gasteiger partial charge < -0.3 is 4.72 Å². The van der Waals surface area contributed by atoms with E-state index in [0.717, 1.165) is 4.90 Å². The highest BCUT2D eigenvalue weighted by atomic mass is 32.2. The van der Waals surface area contributed by atoms with Gasteiger partial charge in [0.05, 0.1) is 6.08 Å². The summed E-state index contributed by atoms with van der Waals surface area (Å²) in [6, 6.07) is 7.47. The van der Waals surface area contributed by atoms with Crippen molar-refractivity contribution in [1.82, 2.24) is 4.72 Å². The van der Waals surface area contributed by atoms with Crippen LogP contribution < -0.4 is 4.72 Å². The minimum Gasteiger partial charge on any atom is -0.332 e. The zero-order valence-electron chi connectivity index (χ0n) is 6.20. The van der Waals surface area contributed by atoms with Crippen molar-refractivity contribution in [1.29, 1.82) is 0 Å². The molecule has 1 aliphatic heterocycles. The quantitative estimate of drug-likeness (QED) is 0.611. The van der Waals surface area contributed by atoms with E-state index in [2.05, 4.69) is 10.8 Å². The number of hydrogen-bond donors (Lipinski definition) is 1. The van der Waals surface area contributed by atoms with E-state index in [1.54, 1.807) is 6.07 Å². The molecule has 1 N–H and O–H groups in total. The van der Waals surface area contributed by atoms with Crippen LogP contribution in [0.5, 0.6) is 0 Å². The molecule has 1 aromatic rings. The molecule has 1 aliphatic rings. The Hall–Kier alpha value is -1.22. The van der Waals surface area contributed by atoms with Gasteiger partial charge in [0.15, 0.2) is 5.78 Å². The van der Waals surface area contributed by atoms with Crippen LogP contribution in [-0.2, 0) is 0 Å². The van der Waals surface area contributed by atoms with Gasteiger partial charge >= 0.3 is 0 Å². The van der Waals surface area contributed by atoms with Gasteiger partial charge in [0.1, 0.15) is 0 Å². The number of allylic oxidation sites excluding steroid dienone is 1.